The molecule has 1 atom stereocenters. The fraction of sp³-hybridized carbons (Fsp3) is 0.529. The molecule has 0 spiro atoms. The van der Waals surface area contributed by atoms with E-state index in [9.17, 15) is 22.4 Å². The fourth-order valence-corrected chi connectivity index (χ4v) is 3.72. The van der Waals surface area contributed by atoms with Crippen LogP contribution in [0, 0.1) is 5.82 Å². The largest absolute Gasteiger partial charge is 0.452 e. The number of nitrogens with zero attached hydrogens (tertiary/aromatic N) is 2. The first-order valence-corrected chi connectivity index (χ1v) is 9.77. The van der Waals surface area contributed by atoms with E-state index in [1.807, 2.05) is 6.92 Å². The molecule has 1 saturated heterocycles. The van der Waals surface area contributed by atoms with E-state index in [4.69, 9.17) is 4.74 Å². The first-order valence-electron chi connectivity index (χ1n) is 8.33. The van der Waals surface area contributed by atoms with E-state index in [-0.39, 0.29) is 16.8 Å². The van der Waals surface area contributed by atoms with Crippen molar-refractivity contribution in [3.63, 3.8) is 0 Å². The van der Waals surface area contributed by atoms with Gasteiger partial charge in [-0.25, -0.2) is 21.9 Å². The average Bonchev–Trinajstić information content (AvgIpc) is 2.59. The Kier molecular flexibility index (Phi) is 6.35. The molecule has 26 heavy (non-hydrogen) atoms. The van der Waals surface area contributed by atoms with E-state index in [1.54, 1.807) is 4.90 Å². The smallest absolute Gasteiger partial charge is 0.341 e. The highest BCUT2D eigenvalue weighted by atomic mass is 32.2. The van der Waals surface area contributed by atoms with Gasteiger partial charge in [-0.1, -0.05) is 0 Å². The second-order valence-electron chi connectivity index (χ2n) is 6.44. The number of benzene rings is 1. The molecule has 0 N–H and O–H groups in total. The van der Waals surface area contributed by atoms with E-state index in [0.29, 0.717) is 6.54 Å². The third kappa shape index (κ3) is 4.39. The number of piperidine rings is 1. The van der Waals surface area contributed by atoms with Crippen LogP contribution in [0.1, 0.15) is 36.5 Å². The van der Waals surface area contributed by atoms with Crippen LogP contribution in [-0.4, -0.2) is 62.8 Å². The summed E-state index contributed by atoms with van der Waals surface area (Å²) in [5.41, 5.74) is -0.521. The van der Waals surface area contributed by atoms with Crippen LogP contribution in [0.25, 0.3) is 0 Å². The Morgan fingerprint density at radius 2 is 2.00 bits per heavy atom. The Bertz CT molecular complexity index is 794. The molecule has 1 fully saturated rings. The Morgan fingerprint density at radius 1 is 1.31 bits per heavy atom. The first-order chi connectivity index (χ1) is 12.1. The van der Waals surface area contributed by atoms with Gasteiger partial charge < -0.3 is 9.64 Å². The molecule has 144 valence electrons. The number of likely N-dealkylation sites (tertiary alicyclic amines) is 1. The maximum atomic E-state index is 13.9. The number of ether oxygens (including phenoxy) is 1. The maximum Gasteiger partial charge on any atom is 0.341 e. The highest BCUT2D eigenvalue weighted by Crippen LogP contribution is 2.19. The zero-order valence-electron chi connectivity index (χ0n) is 15.1. The van der Waals surface area contributed by atoms with Crippen molar-refractivity contribution in [1.82, 2.24) is 9.21 Å². The SMILES string of the molecule is C[C@H]1CCCCN1C(=O)COC(=O)c1cc(S(=O)(=O)N(C)C)ccc1F. The molecular weight excluding hydrogens is 363 g/mol. The van der Waals surface area contributed by atoms with E-state index in [0.717, 1.165) is 41.8 Å². The standard InChI is InChI=1S/C17H23FN2O5S/c1-12-6-4-5-9-20(12)16(21)11-25-17(22)14-10-13(7-8-15(14)18)26(23,24)19(2)3/h7-8,10,12H,4-6,9,11H2,1-3H3/t12-/m0/s1. The van der Waals surface area contributed by atoms with Gasteiger partial charge in [0.1, 0.15) is 5.82 Å². The Morgan fingerprint density at radius 3 is 2.62 bits per heavy atom. The van der Waals surface area contributed by atoms with Gasteiger partial charge in [0, 0.05) is 26.7 Å². The van der Waals surface area contributed by atoms with Crippen molar-refractivity contribution in [2.45, 2.75) is 37.1 Å². The maximum absolute atomic E-state index is 13.9. The van der Waals surface area contributed by atoms with Gasteiger partial charge in [-0.05, 0) is 44.4 Å². The molecule has 1 aliphatic heterocycles. The second-order valence-corrected chi connectivity index (χ2v) is 8.59. The lowest BCUT2D eigenvalue weighted by molar-refractivity contribution is -0.137. The molecule has 0 bridgehead atoms. The van der Waals surface area contributed by atoms with Crippen LogP contribution >= 0.6 is 0 Å². The molecule has 0 aromatic heterocycles. The summed E-state index contributed by atoms with van der Waals surface area (Å²) in [5, 5.41) is 0. The summed E-state index contributed by atoms with van der Waals surface area (Å²) in [6.07, 6.45) is 2.82. The zero-order chi connectivity index (χ0) is 19.5. The number of esters is 1. The average molecular weight is 386 g/mol. The van der Waals surface area contributed by atoms with Crippen molar-refractivity contribution >= 4 is 21.9 Å². The number of hydrogen-bond donors (Lipinski definition) is 0. The fourth-order valence-electron chi connectivity index (χ4n) is 2.79. The number of amides is 1. The lowest BCUT2D eigenvalue weighted by atomic mass is 10.0. The van der Waals surface area contributed by atoms with Crippen LogP contribution in [-0.2, 0) is 19.6 Å². The number of rotatable bonds is 5. The molecule has 2 rings (SSSR count). The van der Waals surface area contributed by atoms with Gasteiger partial charge in [-0.15, -0.1) is 0 Å². The number of hydrogen-bond acceptors (Lipinski definition) is 5. The molecular formula is C17H23FN2O5S. The van der Waals surface area contributed by atoms with Gasteiger partial charge in [0.05, 0.1) is 10.5 Å². The van der Waals surface area contributed by atoms with Crippen LogP contribution in [0.2, 0.25) is 0 Å². The normalized spacial score (nSPS) is 18.0. The Hall–Kier alpha value is -2.00. The summed E-state index contributed by atoms with van der Waals surface area (Å²) in [5.74, 6) is -2.33. The Balaban J connectivity index is 2.11. The molecule has 1 amide bonds. The van der Waals surface area contributed by atoms with Crippen LogP contribution in [0.15, 0.2) is 23.1 Å². The Labute approximate surface area is 152 Å². The number of carbonyl (C=O) groups is 2. The highest BCUT2D eigenvalue weighted by Gasteiger charge is 2.26. The molecule has 7 nitrogen and oxygen atoms in total. The summed E-state index contributed by atoms with van der Waals surface area (Å²) < 4.78 is 44.1. The van der Waals surface area contributed by atoms with E-state index in [1.165, 1.54) is 14.1 Å². The van der Waals surface area contributed by atoms with Crippen molar-refractivity contribution in [2.75, 3.05) is 27.2 Å². The van der Waals surface area contributed by atoms with Crippen molar-refractivity contribution in [3.05, 3.63) is 29.6 Å². The van der Waals surface area contributed by atoms with Crippen LogP contribution in [0.5, 0.6) is 0 Å². The topological polar surface area (TPSA) is 84.0 Å². The summed E-state index contributed by atoms with van der Waals surface area (Å²) in [6.45, 7) is 2.02. The van der Waals surface area contributed by atoms with E-state index < -0.39 is 34.0 Å². The summed E-state index contributed by atoms with van der Waals surface area (Å²) >= 11 is 0. The van der Waals surface area contributed by atoms with Crippen molar-refractivity contribution < 1.29 is 27.1 Å². The monoisotopic (exact) mass is 386 g/mol. The van der Waals surface area contributed by atoms with E-state index >= 15 is 0 Å². The predicted octanol–water partition coefficient (Wildman–Crippen LogP) is 1.63. The highest BCUT2D eigenvalue weighted by molar-refractivity contribution is 7.89. The third-order valence-electron chi connectivity index (χ3n) is 4.39. The van der Waals surface area contributed by atoms with Gasteiger partial charge in [-0.2, -0.15) is 0 Å². The molecule has 0 saturated carbocycles. The molecule has 9 heteroatoms. The third-order valence-corrected chi connectivity index (χ3v) is 6.20. The van der Waals surface area contributed by atoms with Crippen molar-refractivity contribution in [1.29, 1.82) is 0 Å². The summed E-state index contributed by atoms with van der Waals surface area (Å²) in [6, 6.07) is 2.95. The minimum absolute atomic E-state index is 0.0697. The van der Waals surface area contributed by atoms with Crippen LogP contribution in [0.3, 0.4) is 0 Å². The van der Waals surface area contributed by atoms with Gasteiger partial charge in [-0.3, -0.25) is 4.79 Å². The molecule has 1 aliphatic rings. The summed E-state index contributed by atoms with van der Waals surface area (Å²) in [4.78, 5) is 25.7. The van der Waals surface area contributed by atoms with Gasteiger partial charge in [0.2, 0.25) is 10.0 Å². The van der Waals surface area contributed by atoms with Crippen molar-refractivity contribution in [2.24, 2.45) is 0 Å². The first kappa shape index (κ1) is 20.3. The van der Waals surface area contributed by atoms with Crippen LogP contribution in [0.4, 0.5) is 4.39 Å². The van der Waals surface area contributed by atoms with Gasteiger partial charge in [0.15, 0.2) is 6.61 Å². The van der Waals surface area contributed by atoms with Gasteiger partial charge in [0.25, 0.3) is 5.91 Å². The molecule has 0 aliphatic carbocycles. The molecule has 1 aromatic carbocycles. The van der Waals surface area contributed by atoms with Crippen LogP contribution < -0.4 is 0 Å². The quantitative estimate of drug-likeness (QED) is 0.718. The van der Waals surface area contributed by atoms with Gasteiger partial charge >= 0.3 is 5.97 Å². The molecule has 0 unspecified atom stereocenters. The number of carbonyl (C=O) groups excluding carboxylic acids is 2. The minimum Gasteiger partial charge on any atom is -0.452 e. The summed E-state index contributed by atoms with van der Waals surface area (Å²) in [7, 11) is -1.16. The van der Waals surface area contributed by atoms with E-state index in [2.05, 4.69) is 0 Å². The van der Waals surface area contributed by atoms with Crippen molar-refractivity contribution in [3.8, 4) is 0 Å². The number of sulfonamides is 1. The lowest BCUT2D eigenvalue weighted by Crippen LogP contribution is -2.44. The molecule has 1 heterocycles. The minimum atomic E-state index is -3.82. The number of halogens is 1. The lowest BCUT2D eigenvalue weighted by Gasteiger charge is -2.33. The molecule has 0 radical (unpaired) electrons. The zero-order valence-corrected chi connectivity index (χ0v) is 15.9. The molecule has 1 aromatic rings. The predicted molar refractivity (Wildman–Crippen MR) is 92.6 cm³/mol. The second kappa shape index (κ2) is 8.13.